The number of amides is 4. The first-order chi connectivity index (χ1) is 19.3. The number of nitrogens with zero attached hydrogens (tertiary/aromatic N) is 1. The zero-order chi connectivity index (χ0) is 29.9. The second-order valence-corrected chi connectivity index (χ2v) is 13.6. The minimum atomic E-state index is -0.950. The van der Waals surface area contributed by atoms with Crippen molar-refractivity contribution in [3.8, 4) is 0 Å². The lowest BCUT2D eigenvalue weighted by molar-refractivity contribution is -0.145. The average Bonchev–Trinajstić information content (AvgIpc) is 3.87. The van der Waals surface area contributed by atoms with Crippen LogP contribution in [0.5, 0.6) is 0 Å². The van der Waals surface area contributed by atoms with Crippen molar-refractivity contribution in [1.29, 1.82) is 0 Å². The molecule has 0 aromatic heterocycles. The van der Waals surface area contributed by atoms with Gasteiger partial charge >= 0.3 is 0 Å². The smallest absolute Gasteiger partial charge is 0.289 e. The highest BCUT2D eigenvalue weighted by atomic mass is 16.2. The quantitative estimate of drug-likeness (QED) is 0.336. The van der Waals surface area contributed by atoms with Gasteiger partial charge in [0.2, 0.25) is 23.5 Å². The standard InChI is InChI=1S/C32H46N4O5/c1-19(2)23-16-25(36(18-23)31(41)27(32(3,4)5)35-28(38)22-13-14-22)29(39)34-24(15-20-11-12-20)26(37)30(40)33-17-21-9-7-6-8-10-21/h6-10,19-20,22-25,27H,11-18H2,1-5H3,(H,33,40)(H,34,39)(H,35,38)/t23-,24?,25+,27-/m1/s1. The summed E-state index contributed by atoms with van der Waals surface area (Å²) in [6.45, 7) is 10.5. The van der Waals surface area contributed by atoms with Gasteiger partial charge in [-0.3, -0.25) is 24.0 Å². The molecule has 224 valence electrons. The van der Waals surface area contributed by atoms with E-state index in [0.29, 0.717) is 25.3 Å². The summed E-state index contributed by atoms with van der Waals surface area (Å²) >= 11 is 0. The fourth-order valence-electron chi connectivity index (χ4n) is 5.47. The summed E-state index contributed by atoms with van der Waals surface area (Å²) < 4.78 is 0. The minimum Gasteiger partial charge on any atom is -0.345 e. The number of hydrogen-bond donors (Lipinski definition) is 3. The van der Waals surface area contributed by atoms with Crippen LogP contribution in [-0.2, 0) is 30.5 Å². The van der Waals surface area contributed by atoms with Crippen LogP contribution in [0.4, 0.5) is 0 Å². The number of Topliss-reactive ketones (excluding diaryl/α,β-unsaturated/α-hetero) is 1. The van der Waals surface area contributed by atoms with E-state index in [4.69, 9.17) is 0 Å². The number of carbonyl (C=O) groups is 5. The maximum atomic E-state index is 14.0. The van der Waals surface area contributed by atoms with Crippen LogP contribution in [0.25, 0.3) is 0 Å². The Morgan fingerprint density at radius 3 is 2.15 bits per heavy atom. The molecule has 1 unspecified atom stereocenters. The topological polar surface area (TPSA) is 125 Å². The first-order valence-electron chi connectivity index (χ1n) is 15.1. The summed E-state index contributed by atoms with van der Waals surface area (Å²) in [6, 6.07) is 6.83. The fourth-order valence-corrected chi connectivity index (χ4v) is 5.47. The van der Waals surface area contributed by atoms with Gasteiger partial charge in [-0.05, 0) is 54.4 Å². The van der Waals surface area contributed by atoms with Crippen LogP contribution in [0.2, 0.25) is 0 Å². The molecule has 1 aromatic rings. The molecule has 3 fully saturated rings. The van der Waals surface area contributed by atoms with Crippen LogP contribution in [0.15, 0.2) is 30.3 Å². The summed E-state index contributed by atoms with van der Waals surface area (Å²) in [6.07, 6.45) is 4.45. The van der Waals surface area contributed by atoms with Gasteiger partial charge in [-0.15, -0.1) is 0 Å². The number of rotatable bonds is 12. The largest absolute Gasteiger partial charge is 0.345 e. The predicted molar refractivity (Wildman–Crippen MR) is 155 cm³/mol. The third-order valence-electron chi connectivity index (χ3n) is 8.63. The van der Waals surface area contributed by atoms with E-state index in [1.807, 2.05) is 51.1 Å². The Kier molecular flexibility index (Phi) is 9.55. The highest BCUT2D eigenvalue weighted by Gasteiger charge is 2.47. The van der Waals surface area contributed by atoms with Crippen molar-refractivity contribution in [2.24, 2.45) is 29.1 Å². The van der Waals surface area contributed by atoms with Crippen molar-refractivity contribution in [3.05, 3.63) is 35.9 Å². The molecule has 0 bridgehead atoms. The summed E-state index contributed by atoms with van der Waals surface area (Å²) in [7, 11) is 0. The lowest BCUT2D eigenvalue weighted by atomic mass is 9.85. The molecule has 9 heteroatoms. The first kappa shape index (κ1) is 30.7. The van der Waals surface area contributed by atoms with Gasteiger partial charge in [0.1, 0.15) is 12.1 Å². The number of likely N-dealkylation sites (tertiary alicyclic amines) is 1. The molecule has 1 aliphatic heterocycles. The molecule has 4 amide bonds. The maximum Gasteiger partial charge on any atom is 0.289 e. The average molecular weight is 567 g/mol. The Morgan fingerprint density at radius 2 is 1.59 bits per heavy atom. The molecule has 1 saturated heterocycles. The van der Waals surface area contributed by atoms with Crippen molar-refractivity contribution in [2.45, 2.75) is 97.8 Å². The number of carbonyl (C=O) groups excluding carboxylic acids is 5. The molecule has 4 rings (SSSR count). The van der Waals surface area contributed by atoms with E-state index in [0.717, 1.165) is 31.2 Å². The van der Waals surface area contributed by atoms with E-state index in [-0.39, 0.29) is 36.1 Å². The monoisotopic (exact) mass is 566 g/mol. The third kappa shape index (κ3) is 8.17. The normalized spacial score (nSPS) is 22.1. The summed E-state index contributed by atoms with van der Waals surface area (Å²) in [5.74, 6) is -1.62. The van der Waals surface area contributed by atoms with E-state index in [2.05, 4.69) is 29.8 Å². The van der Waals surface area contributed by atoms with Crippen LogP contribution in [0, 0.1) is 29.1 Å². The van der Waals surface area contributed by atoms with Crippen molar-refractivity contribution in [3.63, 3.8) is 0 Å². The van der Waals surface area contributed by atoms with Gasteiger partial charge in [0.05, 0.1) is 6.04 Å². The highest BCUT2D eigenvalue weighted by Crippen LogP contribution is 2.35. The van der Waals surface area contributed by atoms with Gasteiger partial charge in [0.15, 0.2) is 0 Å². The maximum absolute atomic E-state index is 14.0. The summed E-state index contributed by atoms with van der Waals surface area (Å²) in [5.41, 5.74) is 0.318. The lowest BCUT2D eigenvalue weighted by Crippen LogP contribution is -2.59. The van der Waals surface area contributed by atoms with Crippen LogP contribution in [0.1, 0.15) is 78.7 Å². The van der Waals surface area contributed by atoms with Gasteiger partial charge in [-0.25, -0.2) is 0 Å². The summed E-state index contributed by atoms with van der Waals surface area (Å²) in [5, 5.41) is 8.52. The summed E-state index contributed by atoms with van der Waals surface area (Å²) in [4.78, 5) is 68.1. The molecule has 4 atom stereocenters. The molecular formula is C32H46N4O5. The molecule has 0 radical (unpaired) electrons. The van der Waals surface area contributed by atoms with Gasteiger partial charge in [-0.2, -0.15) is 0 Å². The molecule has 0 spiro atoms. The number of benzene rings is 1. The molecule has 3 N–H and O–H groups in total. The first-order valence-corrected chi connectivity index (χ1v) is 15.1. The van der Waals surface area contributed by atoms with E-state index in [1.54, 1.807) is 4.90 Å². The molecule has 1 heterocycles. The Bertz CT molecular complexity index is 1140. The lowest BCUT2D eigenvalue weighted by Gasteiger charge is -2.36. The molecular weight excluding hydrogens is 520 g/mol. The Balaban J connectivity index is 1.48. The van der Waals surface area contributed by atoms with Crippen molar-refractivity contribution in [2.75, 3.05) is 6.54 Å². The van der Waals surface area contributed by atoms with Gasteiger partial charge in [0.25, 0.3) is 5.91 Å². The van der Waals surface area contributed by atoms with Crippen molar-refractivity contribution >= 4 is 29.4 Å². The van der Waals surface area contributed by atoms with E-state index in [1.165, 1.54) is 0 Å². The van der Waals surface area contributed by atoms with Crippen LogP contribution in [-0.4, -0.2) is 59.0 Å². The Hall–Kier alpha value is -3.23. The minimum absolute atomic E-state index is 0.0454. The van der Waals surface area contributed by atoms with E-state index in [9.17, 15) is 24.0 Å². The van der Waals surface area contributed by atoms with Crippen LogP contribution >= 0.6 is 0 Å². The molecule has 2 aliphatic carbocycles. The molecule has 2 saturated carbocycles. The molecule has 1 aromatic carbocycles. The van der Waals surface area contributed by atoms with E-state index < -0.39 is 41.1 Å². The van der Waals surface area contributed by atoms with Crippen molar-refractivity contribution < 1.29 is 24.0 Å². The Morgan fingerprint density at radius 1 is 0.927 bits per heavy atom. The van der Waals surface area contributed by atoms with Crippen molar-refractivity contribution in [1.82, 2.24) is 20.9 Å². The Labute approximate surface area is 243 Å². The number of hydrogen-bond acceptors (Lipinski definition) is 5. The fraction of sp³-hybridized carbons (Fsp3) is 0.656. The predicted octanol–water partition coefficient (Wildman–Crippen LogP) is 2.97. The second kappa shape index (κ2) is 12.7. The SMILES string of the molecule is CC(C)[C@@H]1C[C@@H](C(=O)NC(CC2CC2)C(=O)C(=O)NCc2ccccc2)N(C(=O)[C@@H](NC(=O)C2CC2)C(C)(C)C)C1. The molecule has 3 aliphatic rings. The third-order valence-corrected chi connectivity index (χ3v) is 8.63. The van der Waals surface area contributed by atoms with Gasteiger partial charge < -0.3 is 20.9 Å². The zero-order valence-electron chi connectivity index (χ0n) is 25.1. The number of ketones is 1. The van der Waals surface area contributed by atoms with Crippen LogP contribution < -0.4 is 16.0 Å². The second-order valence-electron chi connectivity index (χ2n) is 13.6. The van der Waals surface area contributed by atoms with Gasteiger partial charge in [0, 0.05) is 19.0 Å². The van der Waals surface area contributed by atoms with Gasteiger partial charge in [-0.1, -0.05) is 77.8 Å². The van der Waals surface area contributed by atoms with Crippen LogP contribution in [0.3, 0.4) is 0 Å². The van der Waals surface area contributed by atoms with E-state index >= 15 is 0 Å². The molecule has 9 nitrogen and oxygen atoms in total. The zero-order valence-corrected chi connectivity index (χ0v) is 25.1. The molecule has 41 heavy (non-hydrogen) atoms. The highest BCUT2D eigenvalue weighted by molar-refractivity contribution is 6.38. The number of nitrogens with one attached hydrogen (secondary N) is 3.